The molecule has 0 aliphatic rings. The third-order valence-electron chi connectivity index (χ3n) is 7.71. The molecule has 0 spiro atoms. The zero-order valence-corrected chi connectivity index (χ0v) is 26.7. The molecule has 45 heavy (non-hydrogen) atoms. The highest BCUT2D eigenvalue weighted by molar-refractivity contribution is 5.82. The minimum atomic E-state index is -5.10. The number of hydrogen-bond donors (Lipinski definition) is 2. The predicted molar refractivity (Wildman–Crippen MR) is 166 cm³/mol. The number of halogens is 4. The van der Waals surface area contributed by atoms with E-state index in [9.17, 15) is 32.7 Å². The number of likely N-dealkylation sites (N-methyl/N-ethyl adjacent to an activating group) is 1. The number of carboxylic acid groups (broad SMARTS) is 1. The quantitative estimate of drug-likeness (QED) is 0.219. The van der Waals surface area contributed by atoms with Crippen molar-refractivity contribution >= 4 is 11.9 Å². The molecular weight excluding hydrogens is 590 g/mol. The fraction of sp³-hybridized carbons (Fsp3) is 0.441. The van der Waals surface area contributed by atoms with Crippen LogP contribution in [-0.4, -0.2) is 47.1 Å². The number of aryl methyl sites for hydroxylation is 3. The van der Waals surface area contributed by atoms with E-state index in [1.807, 2.05) is 32.8 Å². The van der Waals surface area contributed by atoms with Gasteiger partial charge in [0.2, 0.25) is 5.91 Å². The number of aromatic nitrogens is 1. The Balaban J connectivity index is 2.19. The molecule has 3 rings (SSSR count). The average Bonchev–Trinajstić information content (AvgIpc) is 2.91. The van der Waals surface area contributed by atoms with Gasteiger partial charge < -0.3 is 19.9 Å². The van der Waals surface area contributed by atoms with Crippen LogP contribution in [0.2, 0.25) is 0 Å². The summed E-state index contributed by atoms with van der Waals surface area (Å²) in [6, 6.07) is 5.98. The molecule has 244 valence electrons. The van der Waals surface area contributed by atoms with E-state index in [0.29, 0.717) is 41.3 Å². The molecule has 3 aromatic rings. The first kappa shape index (κ1) is 35.5. The molecule has 0 aliphatic carbocycles. The van der Waals surface area contributed by atoms with Gasteiger partial charge in [0.05, 0.1) is 18.0 Å². The van der Waals surface area contributed by atoms with E-state index in [1.54, 1.807) is 51.2 Å². The van der Waals surface area contributed by atoms with Gasteiger partial charge in [0.15, 0.2) is 0 Å². The Bertz CT molecular complexity index is 1590. The maximum absolute atomic E-state index is 15.7. The normalized spacial score (nSPS) is 13.3. The fourth-order valence-electron chi connectivity index (χ4n) is 5.53. The summed E-state index contributed by atoms with van der Waals surface area (Å²) in [6.45, 7) is 9.40. The molecule has 1 amide bonds. The minimum absolute atomic E-state index is 0.0399. The van der Waals surface area contributed by atoms with Gasteiger partial charge in [-0.15, -0.1) is 0 Å². The number of carboxylic acids is 1. The van der Waals surface area contributed by atoms with Gasteiger partial charge in [0.1, 0.15) is 11.9 Å². The summed E-state index contributed by atoms with van der Waals surface area (Å²) in [4.78, 5) is 41.1. The van der Waals surface area contributed by atoms with Crippen molar-refractivity contribution in [3.63, 3.8) is 0 Å². The first-order chi connectivity index (χ1) is 20.9. The van der Waals surface area contributed by atoms with Crippen molar-refractivity contribution in [3.05, 3.63) is 92.1 Å². The molecule has 2 aromatic carbocycles. The molecule has 2 N–H and O–H groups in total. The molecule has 0 bridgehead atoms. The second-order valence-electron chi connectivity index (χ2n) is 12.3. The van der Waals surface area contributed by atoms with Crippen LogP contribution in [0.15, 0.2) is 47.4 Å². The van der Waals surface area contributed by atoms with Gasteiger partial charge in [-0.25, -0.2) is 4.39 Å². The smallest absolute Gasteiger partial charge is 0.419 e. The monoisotopic (exact) mass is 631 g/mol. The lowest BCUT2D eigenvalue weighted by atomic mass is 9.90. The Morgan fingerprint density at radius 1 is 1.02 bits per heavy atom. The molecule has 0 aliphatic heterocycles. The summed E-state index contributed by atoms with van der Waals surface area (Å²) in [6.07, 6.45) is -3.65. The van der Waals surface area contributed by atoms with Crippen molar-refractivity contribution in [3.8, 4) is 11.1 Å². The molecule has 1 unspecified atom stereocenters. The summed E-state index contributed by atoms with van der Waals surface area (Å²) in [5.74, 6) is -4.02. The van der Waals surface area contributed by atoms with E-state index in [-0.39, 0.29) is 17.9 Å². The molecule has 0 saturated carbocycles. The van der Waals surface area contributed by atoms with Crippen LogP contribution in [0.4, 0.5) is 17.6 Å². The van der Waals surface area contributed by atoms with E-state index < -0.39 is 59.1 Å². The summed E-state index contributed by atoms with van der Waals surface area (Å²) in [5.41, 5.74) is 0.356. The maximum atomic E-state index is 15.7. The van der Waals surface area contributed by atoms with Crippen LogP contribution in [0.25, 0.3) is 11.1 Å². The average molecular weight is 632 g/mol. The van der Waals surface area contributed by atoms with Gasteiger partial charge in [-0.3, -0.25) is 14.4 Å². The van der Waals surface area contributed by atoms with Gasteiger partial charge in [-0.1, -0.05) is 32.0 Å². The van der Waals surface area contributed by atoms with Gasteiger partial charge >= 0.3 is 12.1 Å². The number of benzene rings is 2. The highest BCUT2D eigenvalue weighted by atomic mass is 19.4. The molecule has 11 heteroatoms. The Morgan fingerprint density at radius 2 is 1.64 bits per heavy atom. The van der Waals surface area contributed by atoms with Gasteiger partial charge in [-0.05, 0) is 99.6 Å². The lowest BCUT2D eigenvalue weighted by Crippen LogP contribution is -2.41. The van der Waals surface area contributed by atoms with Crippen molar-refractivity contribution in [2.75, 3.05) is 20.6 Å². The van der Waals surface area contributed by atoms with Gasteiger partial charge in [0, 0.05) is 23.9 Å². The lowest BCUT2D eigenvalue weighted by molar-refractivity contribution is -0.140. The van der Waals surface area contributed by atoms with Crippen LogP contribution < -0.4 is 10.9 Å². The first-order valence-electron chi connectivity index (χ1n) is 14.8. The van der Waals surface area contributed by atoms with E-state index in [1.165, 1.54) is 10.6 Å². The first-order valence-corrected chi connectivity index (χ1v) is 14.8. The molecule has 0 radical (unpaired) electrons. The number of aliphatic carboxylic acids is 1. The Morgan fingerprint density at radius 3 is 2.18 bits per heavy atom. The predicted octanol–water partition coefficient (Wildman–Crippen LogP) is 6.62. The van der Waals surface area contributed by atoms with E-state index in [2.05, 4.69) is 5.32 Å². The van der Waals surface area contributed by atoms with Crippen LogP contribution in [0.3, 0.4) is 0 Å². The molecule has 2 atom stereocenters. The van der Waals surface area contributed by atoms with Crippen LogP contribution in [0.5, 0.6) is 0 Å². The highest BCUT2D eigenvalue weighted by Crippen LogP contribution is 2.40. The van der Waals surface area contributed by atoms with Crippen LogP contribution in [-0.2, 0) is 22.2 Å². The molecule has 0 saturated heterocycles. The van der Waals surface area contributed by atoms with Crippen molar-refractivity contribution in [1.29, 1.82) is 0 Å². The topological polar surface area (TPSA) is 91.6 Å². The van der Waals surface area contributed by atoms with E-state index >= 15 is 4.39 Å². The van der Waals surface area contributed by atoms with E-state index in [4.69, 9.17) is 0 Å². The summed E-state index contributed by atoms with van der Waals surface area (Å²) < 4.78 is 59.5. The number of hydrogen-bond acceptors (Lipinski definition) is 4. The maximum Gasteiger partial charge on any atom is 0.419 e. The number of nitrogens with zero attached hydrogens (tertiary/aromatic N) is 2. The molecule has 1 heterocycles. The summed E-state index contributed by atoms with van der Waals surface area (Å²) in [7, 11) is 3.80. The number of carbonyl (C=O) groups excluding carboxylic acids is 1. The Kier molecular flexibility index (Phi) is 11.4. The fourth-order valence-corrected chi connectivity index (χ4v) is 5.53. The number of rotatable bonds is 12. The second kappa shape index (κ2) is 14.4. The molecule has 0 fully saturated rings. The van der Waals surface area contributed by atoms with Crippen LogP contribution in [0.1, 0.15) is 72.2 Å². The standard InChI is InChI=1S/C34H41F4N3O4/c1-19(2)13-28(41-18-23(11-12-40(6)7)14-22(5)33(41)45)32(44)39-27(17-29(42)43)25-15-24(16-26(31(25)35)34(36,37)38)30-20(3)9-8-10-21(30)4/h8-10,14-16,18-19,27-28H,11-13,17H2,1-7H3,(H,39,44)(H,42,43)/t27-,28?/m0/s1. The number of alkyl halides is 3. The third-order valence-corrected chi connectivity index (χ3v) is 7.71. The zero-order valence-electron chi connectivity index (χ0n) is 26.7. The number of nitrogens with one attached hydrogen (secondary N) is 1. The third kappa shape index (κ3) is 8.81. The lowest BCUT2D eigenvalue weighted by Gasteiger charge is -2.27. The zero-order chi connectivity index (χ0) is 33.8. The number of pyridine rings is 1. The Labute approximate surface area is 260 Å². The van der Waals surface area contributed by atoms with Crippen molar-refractivity contribution in [1.82, 2.24) is 14.8 Å². The number of carbonyl (C=O) groups is 2. The van der Waals surface area contributed by atoms with Crippen LogP contribution in [0, 0.1) is 32.5 Å². The highest BCUT2D eigenvalue weighted by Gasteiger charge is 2.38. The summed E-state index contributed by atoms with van der Waals surface area (Å²) >= 11 is 0. The van der Waals surface area contributed by atoms with Gasteiger partial charge in [0.25, 0.3) is 5.56 Å². The second-order valence-corrected chi connectivity index (χ2v) is 12.3. The number of amides is 1. The SMILES string of the molecule is Cc1cccc(C)c1-c1cc([C@H](CC(=O)O)NC(=O)C(CC(C)C)n2cc(CCN(C)C)cc(C)c2=O)c(F)c(C(F)(F)F)c1. The molecular formula is C34H41F4N3O4. The van der Waals surface area contributed by atoms with Crippen molar-refractivity contribution in [2.24, 2.45) is 5.92 Å². The van der Waals surface area contributed by atoms with E-state index in [0.717, 1.165) is 5.56 Å². The largest absolute Gasteiger partial charge is 0.481 e. The van der Waals surface area contributed by atoms with Crippen molar-refractivity contribution < 1.29 is 32.3 Å². The van der Waals surface area contributed by atoms with Crippen LogP contribution >= 0.6 is 0 Å². The summed E-state index contributed by atoms with van der Waals surface area (Å²) in [5, 5.41) is 12.2. The molecule has 1 aromatic heterocycles. The minimum Gasteiger partial charge on any atom is -0.481 e. The van der Waals surface area contributed by atoms with Gasteiger partial charge in [-0.2, -0.15) is 13.2 Å². The van der Waals surface area contributed by atoms with Crippen molar-refractivity contribution in [2.45, 2.75) is 72.1 Å². The Hall–Kier alpha value is -3.99. The molecule has 7 nitrogen and oxygen atoms in total.